The summed E-state index contributed by atoms with van der Waals surface area (Å²) < 4.78 is 0. The number of hydrogen-bond donors (Lipinski definition) is 1. The predicted octanol–water partition coefficient (Wildman–Crippen LogP) is 2.71. The van der Waals surface area contributed by atoms with Crippen molar-refractivity contribution in [2.24, 2.45) is 5.73 Å². The molecule has 0 aliphatic heterocycles. The average molecular weight is 257 g/mol. The monoisotopic (exact) mass is 257 g/mol. The van der Waals surface area contributed by atoms with Gasteiger partial charge in [-0.15, -0.1) is 0 Å². The van der Waals surface area contributed by atoms with Gasteiger partial charge in [-0.2, -0.15) is 0 Å². The Kier molecular flexibility index (Phi) is 3.88. The van der Waals surface area contributed by atoms with E-state index in [1.54, 1.807) is 0 Å². The first-order valence-corrected chi connectivity index (χ1v) is 6.70. The third kappa shape index (κ3) is 2.94. The normalized spacial score (nSPS) is 12.3. The fraction of sp³-hybridized carbons (Fsp3) is 0.438. The maximum absolute atomic E-state index is 5.85. The zero-order chi connectivity index (χ0) is 14.0. The van der Waals surface area contributed by atoms with Crippen molar-refractivity contribution in [3.63, 3.8) is 0 Å². The van der Waals surface area contributed by atoms with E-state index in [1.807, 2.05) is 13.0 Å². The molecule has 2 N–H and O–H groups in total. The zero-order valence-corrected chi connectivity index (χ0v) is 12.3. The topological polar surface area (TPSA) is 42.1 Å². The van der Waals surface area contributed by atoms with Gasteiger partial charge < -0.3 is 5.73 Å². The van der Waals surface area contributed by atoms with Crippen LogP contribution in [0.15, 0.2) is 30.3 Å². The summed E-state index contributed by atoms with van der Waals surface area (Å²) in [5, 5.41) is 1.23. The van der Waals surface area contributed by atoms with Crippen LogP contribution in [0.25, 0.3) is 10.9 Å². The van der Waals surface area contributed by atoms with Gasteiger partial charge in [-0.05, 0) is 45.5 Å². The SMILES string of the molecule is Cc1cc(CN(C)C(C)(C)CN)c2ccccc2n1. The summed E-state index contributed by atoms with van der Waals surface area (Å²) in [6.45, 7) is 7.91. The molecule has 0 unspecified atom stereocenters. The van der Waals surface area contributed by atoms with E-state index in [-0.39, 0.29) is 5.54 Å². The van der Waals surface area contributed by atoms with Crippen LogP contribution in [0.4, 0.5) is 0 Å². The van der Waals surface area contributed by atoms with Crippen molar-refractivity contribution in [2.45, 2.75) is 32.9 Å². The fourth-order valence-electron chi connectivity index (χ4n) is 2.15. The Morgan fingerprint density at radius 3 is 2.63 bits per heavy atom. The van der Waals surface area contributed by atoms with Crippen LogP contribution < -0.4 is 5.73 Å². The number of likely N-dealkylation sites (N-methyl/N-ethyl adjacent to an activating group) is 1. The van der Waals surface area contributed by atoms with Crippen LogP contribution in [0.2, 0.25) is 0 Å². The summed E-state index contributed by atoms with van der Waals surface area (Å²) in [5.41, 5.74) is 9.29. The second kappa shape index (κ2) is 5.27. The maximum Gasteiger partial charge on any atom is 0.0708 e. The third-order valence-electron chi connectivity index (χ3n) is 3.87. The van der Waals surface area contributed by atoms with Gasteiger partial charge in [0.1, 0.15) is 0 Å². The van der Waals surface area contributed by atoms with Gasteiger partial charge in [-0.25, -0.2) is 0 Å². The Bertz CT molecular complexity index is 575. The minimum absolute atomic E-state index is 0.00171. The molecule has 102 valence electrons. The number of para-hydroxylation sites is 1. The second-order valence-electron chi connectivity index (χ2n) is 5.81. The number of aromatic nitrogens is 1. The van der Waals surface area contributed by atoms with Gasteiger partial charge in [0.05, 0.1) is 5.52 Å². The lowest BCUT2D eigenvalue weighted by molar-refractivity contribution is 0.156. The molecule has 0 fully saturated rings. The van der Waals surface area contributed by atoms with Crippen molar-refractivity contribution in [2.75, 3.05) is 13.6 Å². The van der Waals surface area contributed by atoms with Crippen LogP contribution in [0.1, 0.15) is 25.1 Å². The summed E-state index contributed by atoms with van der Waals surface area (Å²) in [6, 6.07) is 10.5. The molecule has 0 atom stereocenters. The highest BCUT2D eigenvalue weighted by Crippen LogP contribution is 2.22. The lowest BCUT2D eigenvalue weighted by Crippen LogP contribution is -2.46. The van der Waals surface area contributed by atoms with Gasteiger partial charge in [0, 0.05) is 29.7 Å². The molecule has 3 heteroatoms. The number of nitrogens with two attached hydrogens (primary N) is 1. The van der Waals surface area contributed by atoms with Crippen LogP contribution in [-0.4, -0.2) is 29.0 Å². The van der Waals surface area contributed by atoms with Gasteiger partial charge in [-0.3, -0.25) is 9.88 Å². The van der Waals surface area contributed by atoms with Crippen LogP contribution in [0, 0.1) is 6.92 Å². The quantitative estimate of drug-likeness (QED) is 0.915. The Labute approximate surface area is 115 Å². The van der Waals surface area contributed by atoms with Crippen LogP contribution in [0.3, 0.4) is 0 Å². The molecule has 0 bridgehead atoms. The van der Waals surface area contributed by atoms with E-state index in [9.17, 15) is 0 Å². The van der Waals surface area contributed by atoms with E-state index in [2.05, 4.69) is 55.0 Å². The van der Waals surface area contributed by atoms with E-state index in [1.165, 1.54) is 10.9 Å². The van der Waals surface area contributed by atoms with Crippen LogP contribution >= 0.6 is 0 Å². The molecule has 0 spiro atoms. The molecule has 1 aromatic carbocycles. The summed E-state index contributed by atoms with van der Waals surface area (Å²) in [7, 11) is 2.12. The fourth-order valence-corrected chi connectivity index (χ4v) is 2.15. The Morgan fingerprint density at radius 1 is 1.26 bits per heavy atom. The van der Waals surface area contributed by atoms with E-state index in [0.717, 1.165) is 17.8 Å². The molecule has 2 rings (SSSR count). The molecule has 3 nitrogen and oxygen atoms in total. The molecule has 0 amide bonds. The van der Waals surface area contributed by atoms with Crippen LogP contribution in [0.5, 0.6) is 0 Å². The van der Waals surface area contributed by atoms with Gasteiger partial charge in [0.25, 0.3) is 0 Å². The van der Waals surface area contributed by atoms with Gasteiger partial charge in [0.2, 0.25) is 0 Å². The number of pyridine rings is 1. The van der Waals surface area contributed by atoms with E-state index >= 15 is 0 Å². The molecular weight excluding hydrogens is 234 g/mol. The Morgan fingerprint density at radius 2 is 1.95 bits per heavy atom. The molecule has 1 heterocycles. The second-order valence-corrected chi connectivity index (χ2v) is 5.81. The first kappa shape index (κ1) is 14.0. The Balaban J connectivity index is 2.40. The summed E-state index contributed by atoms with van der Waals surface area (Å²) >= 11 is 0. The highest BCUT2D eigenvalue weighted by atomic mass is 15.2. The number of benzene rings is 1. The van der Waals surface area contributed by atoms with Crippen molar-refractivity contribution in [3.05, 3.63) is 41.6 Å². The van der Waals surface area contributed by atoms with Gasteiger partial charge >= 0.3 is 0 Å². The number of fused-ring (bicyclic) bond motifs is 1. The molecule has 0 saturated carbocycles. The smallest absolute Gasteiger partial charge is 0.0708 e. The zero-order valence-electron chi connectivity index (χ0n) is 12.3. The minimum atomic E-state index is -0.00171. The molecule has 1 aromatic heterocycles. The number of aryl methyl sites for hydroxylation is 1. The van der Waals surface area contributed by atoms with E-state index in [4.69, 9.17) is 5.73 Å². The van der Waals surface area contributed by atoms with Crippen molar-refractivity contribution >= 4 is 10.9 Å². The van der Waals surface area contributed by atoms with Gasteiger partial charge in [0.15, 0.2) is 0 Å². The van der Waals surface area contributed by atoms with E-state index < -0.39 is 0 Å². The lowest BCUT2D eigenvalue weighted by atomic mass is 10.0. The molecule has 2 aromatic rings. The van der Waals surface area contributed by atoms with Crippen molar-refractivity contribution in [1.29, 1.82) is 0 Å². The van der Waals surface area contributed by atoms with E-state index in [0.29, 0.717) is 6.54 Å². The number of nitrogens with zero attached hydrogens (tertiary/aromatic N) is 2. The third-order valence-corrected chi connectivity index (χ3v) is 3.87. The number of rotatable bonds is 4. The number of hydrogen-bond acceptors (Lipinski definition) is 3. The predicted molar refractivity (Wildman–Crippen MR) is 81.1 cm³/mol. The van der Waals surface area contributed by atoms with Crippen molar-refractivity contribution < 1.29 is 0 Å². The molecule has 0 aliphatic carbocycles. The molecule has 0 saturated heterocycles. The summed E-state index contributed by atoms with van der Waals surface area (Å²) in [6.07, 6.45) is 0. The molecule has 0 aliphatic rings. The lowest BCUT2D eigenvalue weighted by Gasteiger charge is -2.34. The molecule has 19 heavy (non-hydrogen) atoms. The first-order chi connectivity index (χ1) is 8.94. The van der Waals surface area contributed by atoms with Gasteiger partial charge in [-0.1, -0.05) is 18.2 Å². The Hall–Kier alpha value is -1.45. The highest BCUT2D eigenvalue weighted by molar-refractivity contribution is 5.82. The first-order valence-electron chi connectivity index (χ1n) is 6.70. The standard InChI is InChI=1S/C16H23N3/c1-12-9-13(10-19(4)16(2,3)11-17)14-7-5-6-8-15(14)18-12/h5-9H,10-11,17H2,1-4H3. The minimum Gasteiger partial charge on any atom is -0.329 e. The molecular formula is C16H23N3. The van der Waals surface area contributed by atoms with Crippen molar-refractivity contribution in [3.8, 4) is 0 Å². The highest BCUT2D eigenvalue weighted by Gasteiger charge is 2.22. The van der Waals surface area contributed by atoms with Crippen LogP contribution in [-0.2, 0) is 6.54 Å². The molecule has 0 radical (unpaired) electrons. The van der Waals surface area contributed by atoms with Crippen molar-refractivity contribution in [1.82, 2.24) is 9.88 Å². The average Bonchev–Trinajstić information content (AvgIpc) is 2.38. The summed E-state index contributed by atoms with van der Waals surface area (Å²) in [5.74, 6) is 0. The summed E-state index contributed by atoms with van der Waals surface area (Å²) in [4.78, 5) is 6.88. The largest absolute Gasteiger partial charge is 0.329 e. The maximum atomic E-state index is 5.85.